The van der Waals surface area contributed by atoms with Crippen LogP contribution in [0.4, 0.5) is 0 Å². The van der Waals surface area contributed by atoms with Gasteiger partial charge in [0.05, 0.1) is 27.8 Å². The standard InChI is InChI=1S/C22H20Cl2N4O5S/c1-13-19(21(29)26-27-8-10-34(32,33)11-9-27)25-20(17-7-4-15(23)12-18(17)24)28(13)16-5-2-14(3-6-16)22(30)31/h2-7,12H,8-11H2,1H3,(H,26,29)(H,30,31). The number of carbonyl (C=O) groups excluding carboxylic acids is 1. The van der Waals surface area contributed by atoms with Crippen LogP contribution in [0.15, 0.2) is 42.5 Å². The molecular weight excluding hydrogens is 503 g/mol. The van der Waals surface area contributed by atoms with E-state index in [1.807, 2.05) is 0 Å². The van der Waals surface area contributed by atoms with Crippen molar-refractivity contribution in [2.45, 2.75) is 6.92 Å². The van der Waals surface area contributed by atoms with E-state index >= 15 is 0 Å². The molecule has 0 spiro atoms. The van der Waals surface area contributed by atoms with Crippen LogP contribution in [0.3, 0.4) is 0 Å². The molecule has 4 rings (SSSR count). The number of carboxylic acid groups (broad SMARTS) is 1. The fourth-order valence-corrected chi connectivity index (χ4v) is 5.35. The lowest BCUT2D eigenvalue weighted by Crippen LogP contribution is -2.50. The van der Waals surface area contributed by atoms with Gasteiger partial charge in [0.25, 0.3) is 5.91 Å². The number of rotatable bonds is 5. The Morgan fingerprint density at radius 1 is 1.06 bits per heavy atom. The SMILES string of the molecule is Cc1c(C(=O)NN2CCS(=O)(=O)CC2)nc(-c2ccc(Cl)cc2Cl)n1-c1ccc(C(=O)O)cc1. The Labute approximate surface area is 205 Å². The third kappa shape index (κ3) is 4.95. The van der Waals surface area contributed by atoms with Crippen molar-refractivity contribution in [1.82, 2.24) is 20.0 Å². The minimum Gasteiger partial charge on any atom is -0.478 e. The number of nitrogens with one attached hydrogen (secondary N) is 1. The molecule has 2 heterocycles. The molecular formula is C22H20Cl2N4O5S. The first-order valence-electron chi connectivity index (χ1n) is 10.2. The fraction of sp³-hybridized carbons (Fsp3) is 0.227. The molecule has 3 aromatic rings. The third-order valence-electron chi connectivity index (χ3n) is 5.47. The molecule has 2 N–H and O–H groups in total. The second-order valence-electron chi connectivity index (χ2n) is 7.76. The topological polar surface area (TPSA) is 122 Å². The molecule has 2 aromatic carbocycles. The van der Waals surface area contributed by atoms with Gasteiger partial charge < -0.3 is 5.11 Å². The summed E-state index contributed by atoms with van der Waals surface area (Å²) in [6.07, 6.45) is 0. The van der Waals surface area contributed by atoms with Crippen LogP contribution in [0.5, 0.6) is 0 Å². The van der Waals surface area contributed by atoms with E-state index in [2.05, 4.69) is 10.4 Å². The first-order valence-corrected chi connectivity index (χ1v) is 12.8. The van der Waals surface area contributed by atoms with Crippen molar-refractivity contribution in [1.29, 1.82) is 0 Å². The summed E-state index contributed by atoms with van der Waals surface area (Å²) in [7, 11) is -3.10. The van der Waals surface area contributed by atoms with Crippen LogP contribution in [0.1, 0.15) is 26.5 Å². The van der Waals surface area contributed by atoms with E-state index in [-0.39, 0.29) is 35.9 Å². The first kappa shape index (κ1) is 24.2. The summed E-state index contributed by atoms with van der Waals surface area (Å²) in [5.41, 5.74) is 4.57. The molecule has 0 unspecified atom stereocenters. The maximum absolute atomic E-state index is 13.1. The van der Waals surface area contributed by atoms with Crippen molar-refractivity contribution in [2.75, 3.05) is 24.6 Å². The predicted molar refractivity (Wildman–Crippen MR) is 128 cm³/mol. The van der Waals surface area contributed by atoms with Gasteiger partial charge in [0, 0.05) is 29.4 Å². The van der Waals surface area contributed by atoms with Crippen molar-refractivity contribution >= 4 is 44.9 Å². The number of hydrazine groups is 1. The zero-order valence-electron chi connectivity index (χ0n) is 18.0. The van der Waals surface area contributed by atoms with Gasteiger partial charge in [-0.3, -0.25) is 14.8 Å². The van der Waals surface area contributed by atoms with Gasteiger partial charge in [-0.2, -0.15) is 0 Å². The lowest BCUT2D eigenvalue weighted by Gasteiger charge is -2.26. The zero-order valence-corrected chi connectivity index (χ0v) is 20.3. The Bertz CT molecular complexity index is 1370. The smallest absolute Gasteiger partial charge is 0.335 e. The predicted octanol–water partition coefficient (Wildman–Crippen LogP) is 3.23. The lowest BCUT2D eigenvalue weighted by atomic mass is 10.1. The minimum atomic E-state index is -3.10. The maximum atomic E-state index is 13.1. The summed E-state index contributed by atoms with van der Waals surface area (Å²) < 4.78 is 25.1. The van der Waals surface area contributed by atoms with Crippen molar-refractivity contribution in [2.24, 2.45) is 0 Å². The molecule has 0 radical (unpaired) electrons. The van der Waals surface area contributed by atoms with Crippen molar-refractivity contribution in [3.63, 3.8) is 0 Å². The van der Waals surface area contributed by atoms with Crippen LogP contribution >= 0.6 is 23.2 Å². The second kappa shape index (κ2) is 9.38. The Hall–Kier alpha value is -2.92. The van der Waals surface area contributed by atoms with Crippen LogP contribution < -0.4 is 5.43 Å². The van der Waals surface area contributed by atoms with E-state index in [1.54, 1.807) is 46.8 Å². The molecule has 0 bridgehead atoms. The molecule has 34 heavy (non-hydrogen) atoms. The highest BCUT2D eigenvalue weighted by Gasteiger charge is 2.27. The summed E-state index contributed by atoms with van der Waals surface area (Å²) >= 11 is 12.5. The number of aromatic carboxylic acids is 1. The van der Waals surface area contributed by atoms with Crippen molar-refractivity contribution < 1.29 is 23.1 Å². The van der Waals surface area contributed by atoms with E-state index in [4.69, 9.17) is 23.2 Å². The largest absolute Gasteiger partial charge is 0.478 e. The lowest BCUT2D eigenvalue weighted by molar-refractivity contribution is 0.0696. The van der Waals surface area contributed by atoms with E-state index in [0.29, 0.717) is 32.8 Å². The average Bonchev–Trinajstić information content (AvgIpc) is 3.12. The van der Waals surface area contributed by atoms with E-state index in [9.17, 15) is 23.1 Å². The molecule has 1 aliphatic heterocycles. The summed E-state index contributed by atoms with van der Waals surface area (Å²) in [4.78, 5) is 28.9. The molecule has 1 aliphatic rings. The molecule has 1 saturated heterocycles. The summed E-state index contributed by atoms with van der Waals surface area (Å²) in [6, 6.07) is 11.0. The summed E-state index contributed by atoms with van der Waals surface area (Å²) in [5.74, 6) is -1.26. The van der Waals surface area contributed by atoms with Gasteiger partial charge in [0.2, 0.25) is 0 Å². The van der Waals surface area contributed by atoms with Gasteiger partial charge in [-0.05, 0) is 49.4 Å². The Morgan fingerprint density at radius 3 is 2.29 bits per heavy atom. The maximum Gasteiger partial charge on any atom is 0.335 e. The number of aromatic nitrogens is 2. The normalized spacial score (nSPS) is 15.7. The highest BCUT2D eigenvalue weighted by molar-refractivity contribution is 7.91. The zero-order chi connectivity index (χ0) is 24.6. The van der Waals surface area contributed by atoms with Gasteiger partial charge in [-0.1, -0.05) is 23.2 Å². The van der Waals surface area contributed by atoms with Crippen LogP contribution in [0, 0.1) is 6.92 Å². The van der Waals surface area contributed by atoms with Gasteiger partial charge in [0.15, 0.2) is 15.5 Å². The third-order valence-corrected chi connectivity index (χ3v) is 7.63. The van der Waals surface area contributed by atoms with Gasteiger partial charge in [0.1, 0.15) is 5.82 Å². The summed E-state index contributed by atoms with van der Waals surface area (Å²) in [5, 5.41) is 11.5. The van der Waals surface area contributed by atoms with Crippen LogP contribution in [-0.4, -0.2) is 64.6 Å². The van der Waals surface area contributed by atoms with Crippen LogP contribution in [0.25, 0.3) is 17.1 Å². The number of nitrogens with zero attached hydrogens (tertiary/aromatic N) is 3. The number of imidazole rings is 1. The number of hydrogen-bond donors (Lipinski definition) is 2. The Balaban J connectivity index is 1.76. The van der Waals surface area contributed by atoms with Gasteiger partial charge in [-0.25, -0.2) is 23.2 Å². The summed E-state index contributed by atoms with van der Waals surface area (Å²) in [6.45, 7) is 2.07. The Kier molecular flexibility index (Phi) is 6.68. The van der Waals surface area contributed by atoms with E-state index in [1.165, 1.54) is 12.1 Å². The second-order valence-corrected chi connectivity index (χ2v) is 10.9. The number of benzene rings is 2. The van der Waals surface area contributed by atoms with Gasteiger partial charge in [-0.15, -0.1) is 0 Å². The Morgan fingerprint density at radius 2 is 1.71 bits per heavy atom. The van der Waals surface area contributed by atoms with Gasteiger partial charge >= 0.3 is 5.97 Å². The quantitative estimate of drug-likeness (QED) is 0.527. The molecule has 1 aromatic heterocycles. The first-order chi connectivity index (χ1) is 16.1. The number of amides is 1. The molecule has 9 nitrogen and oxygen atoms in total. The fourth-order valence-electron chi connectivity index (χ4n) is 3.66. The van der Waals surface area contributed by atoms with Crippen LogP contribution in [-0.2, 0) is 9.84 Å². The molecule has 1 fully saturated rings. The molecule has 12 heteroatoms. The molecule has 1 amide bonds. The van der Waals surface area contributed by atoms with E-state index in [0.717, 1.165) is 0 Å². The molecule has 0 saturated carbocycles. The number of carboxylic acids is 1. The monoisotopic (exact) mass is 522 g/mol. The van der Waals surface area contributed by atoms with Crippen molar-refractivity contribution in [3.05, 3.63) is 69.5 Å². The number of carbonyl (C=O) groups is 2. The van der Waals surface area contributed by atoms with E-state index < -0.39 is 21.7 Å². The van der Waals surface area contributed by atoms with Crippen LogP contribution in [0.2, 0.25) is 10.0 Å². The van der Waals surface area contributed by atoms with Crippen molar-refractivity contribution in [3.8, 4) is 17.1 Å². The number of halogens is 2. The molecule has 0 aliphatic carbocycles. The highest BCUT2D eigenvalue weighted by Crippen LogP contribution is 2.33. The minimum absolute atomic E-state index is 0.0394. The number of hydrogen-bond acceptors (Lipinski definition) is 6. The molecule has 178 valence electrons. The molecule has 0 atom stereocenters. The average molecular weight is 523 g/mol. The highest BCUT2D eigenvalue weighted by atomic mass is 35.5. The number of sulfone groups is 1.